The second kappa shape index (κ2) is 2.79. The van der Waals surface area contributed by atoms with Gasteiger partial charge in [0.25, 0.3) is 0 Å². The second-order valence-electron chi connectivity index (χ2n) is 3.38. The van der Waals surface area contributed by atoms with Gasteiger partial charge in [0.15, 0.2) is 0 Å². The van der Waals surface area contributed by atoms with E-state index in [9.17, 15) is 0 Å². The van der Waals surface area contributed by atoms with E-state index in [0.29, 0.717) is 0 Å². The third-order valence-electron chi connectivity index (χ3n) is 2.36. The Labute approximate surface area is 72.8 Å². The monoisotopic (exact) mass is 162 g/mol. The van der Waals surface area contributed by atoms with Crippen LogP contribution >= 0.6 is 0 Å². The molecule has 0 aliphatic carbocycles. The van der Waals surface area contributed by atoms with Crippen molar-refractivity contribution in [2.24, 2.45) is 5.73 Å². The van der Waals surface area contributed by atoms with E-state index in [-0.39, 0.29) is 6.04 Å². The molecule has 3 N–H and O–H groups in total. The van der Waals surface area contributed by atoms with Crippen LogP contribution in [0.25, 0.3) is 0 Å². The largest absolute Gasteiger partial charge is 0.384 e. The Balaban J connectivity index is 2.39. The van der Waals surface area contributed by atoms with Crippen molar-refractivity contribution in [1.82, 2.24) is 0 Å². The zero-order chi connectivity index (χ0) is 8.55. The lowest BCUT2D eigenvalue weighted by Gasteiger charge is -2.07. The molecule has 12 heavy (non-hydrogen) atoms. The summed E-state index contributed by atoms with van der Waals surface area (Å²) < 4.78 is 0. The SMILES string of the molecule is CC(N)c1ccc2c(c1)CCN2. The zero-order valence-electron chi connectivity index (χ0n) is 7.30. The van der Waals surface area contributed by atoms with Gasteiger partial charge < -0.3 is 11.1 Å². The molecule has 2 heteroatoms. The highest BCUT2D eigenvalue weighted by molar-refractivity contribution is 5.56. The summed E-state index contributed by atoms with van der Waals surface area (Å²) >= 11 is 0. The van der Waals surface area contributed by atoms with Crippen LogP contribution in [0.3, 0.4) is 0 Å². The molecule has 0 saturated heterocycles. The maximum absolute atomic E-state index is 5.79. The first-order valence-corrected chi connectivity index (χ1v) is 4.39. The summed E-state index contributed by atoms with van der Waals surface area (Å²) in [5.41, 5.74) is 9.71. The smallest absolute Gasteiger partial charge is 0.0373 e. The number of anilines is 1. The van der Waals surface area contributed by atoms with Crippen LogP contribution < -0.4 is 11.1 Å². The summed E-state index contributed by atoms with van der Waals surface area (Å²) in [6, 6.07) is 6.58. The van der Waals surface area contributed by atoms with Crippen LogP contribution in [0.2, 0.25) is 0 Å². The molecule has 1 atom stereocenters. The molecule has 0 saturated carbocycles. The van der Waals surface area contributed by atoms with Crippen LogP contribution in [0.4, 0.5) is 5.69 Å². The summed E-state index contributed by atoms with van der Waals surface area (Å²) in [6.07, 6.45) is 1.13. The zero-order valence-corrected chi connectivity index (χ0v) is 7.30. The van der Waals surface area contributed by atoms with Gasteiger partial charge in [-0.25, -0.2) is 0 Å². The standard InChI is InChI=1S/C10H14N2/c1-7(11)8-2-3-10-9(6-8)4-5-12-10/h2-3,6-7,12H,4-5,11H2,1H3. The summed E-state index contributed by atoms with van der Waals surface area (Å²) in [5, 5.41) is 3.33. The topological polar surface area (TPSA) is 38.0 Å². The van der Waals surface area contributed by atoms with Crippen molar-refractivity contribution in [2.75, 3.05) is 11.9 Å². The average Bonchev–Trinajstić information content (AvgIpc) is 2.49. The third-order valence-corrected chi connectivity index (χ3v) is 2.36. The van der Waals surface area contributed by atoms with Gasteiger partial charge in [0, 0.05) is 18.3 Å². The highest BCUT2D eigenvalue weighted by atomic mass is 14.9. The molecule has 1 unspecified atom stereocenters. The van der Waals surface area contributed by atoms with E-state index >= 15 is 0 Å². The quantitative estimate of drug-likeness (QED) is 0.659. The maximum Gasteiger partial charge on any atom is 0.0373 e. The molecule has 64 valence electrons. The summed E-state index contributed by atoms with van der Waals surface area (Å²) in [4.78, 5) is 0. The van der Waals surface area contributed by atoms with E-state index in [1.54, 1.807) is 0 Å². The number of nitrogens with one attached hydrogen (secondary N) is 1. The fourth-order valence-electron chi connectivity index (χ4n) is 1.61. The number of benzene rings is 1. The molecule has 1 heterocycles. The van der Waals surface area contributed by atoms with E-state index in [1.165, 1.54) is 16.8 Å². The van der Waals surface area contributed by atoms with Crippen molar-refractivity contribution in [2.45, 2.75) is 19.4 Å². The van der Waals surface area contributed by atoms with Gasteiger partial charge >= 0.3 is 0 Å². The lowest BCUT2D eigenvalue weighted by Crippen LogP contribution is -2.04. The number of hydrogen-bond acceptors (Lipinski definition) is 2. The van der Waals surface area contributed by atoms with Gasteiger partial charge in [-0.2, -0.15) is 0 Å². The van der Waals surface area contributed by atoms with Crippen molar-refractivity contribution < 1.29 is 0 Å². The van der Waals surface area contributed by atoms with Crippen molar-refractivity contribution in [3.8, 4) is 0 Å². The molecule has 1 aliphatic rings. The Bertz CT molecular complexity index is 292. The third kappa shape index (κ3) is 1.18. The molecule has 0 bridgehead atoms. The number of fused-ring (bicyclic) bond motifs is 1. The van der Waals surface area contributed by atoms with Crippen molar-refractivity contribution in [3.63, 3.8) is 0 Å². The maximum atomic E-state index is 5.79. The molecule has 2 nitrogen and oxygen atoms in total. The van der Waals surface area contributed by atoms with Gasteiger partial charge in [0.1, 0.15) is 0 Å². The molecular weight excluding hydrogens is 148 g/mol. The number of rotatable bonds is 1. The Morgan fingerprint density at radius 1 is 1.50 bits per heavy atom. The average molecular weight is 162 g/mol. The van der Waals surface area contributed by atoms with E-state index in [0.717, 1.165) is 13.0 Å². The lowest BCUT2D eigenvalue weighted by molar-refractivity contribution is 0.816. The van der Waals surface area contributed by atoms with Crippen molar-refractivity contribution >= 4 is 5.69 Å². The van der Waals surface area contributed by atoms with Crippen LogP contribution in [-0.4, -0.2) is 6.54 Å². The normalized spacial score (nSPS) is 16.8. The first-order chi connectivity index (χ1) is 5.77. The summed E-state index contributed by atoms with van der Waals surface area (Å²) in [6.45, 7) is 3.09. The molecular formula is C10H14N2. The lowest BCUT2D eigenvalue weighted by atomic mass is 10.0. The minimum Gasteiger partial charge on any atom is -0.384 e. The molecule has 1 aromatic rings. The Morgan fingerprint density at radius 3 is 3.08 bits per heavy atom. The summed E-state index contributed by atoms with van der Waals surface area (Å²) in [7, 11) is 0. The number of nitrogens with two attached hydrogens (primary N) is 1. The predicted molar refractivity (Wildman–Crippen MR) is 51.2 cm³/mol. The molecule has 0 aromatic heterocycles. The van der Waals surface area contributed by atoms with Crippen LogP contribution in [-0.2, 0) is 6.42 Å². The first kappa shape index (κ1) is 7.62. The Hall–Kier alpha value is -1.02. The Kier molecular flexibility index (Phi) is 1.77. The van der Waals surface area contributed by atoms with Gasteiger partial charge in [0.05, 0.1) is 0 Å². The fourth-order valence-corrected chi connectivity index (χ4v) is 1.61. The summed E-state index contributed by atoms with van der Waals surface area (Å²) in [5.74, 6) is 0. The molecule has 0 fully saturated rings. The number of hydrogen-bond donors (Lipinski definition) is 2. The van der Waals surface area contributed by atoms with Crippen LogP contribution in [0.5, 0.6) is 0 Å². The van der Waals surface area contributed by atoms with Gasteiger partial charge in [-0.1, -0.05) is 12.1 Å². The van der Waals surface area contributed by atoms with Crippen molar-refractivity contribution in [1.29, 1.82) is 0 Å². The van der Waals surface area contributed by atoms with E-state index in [2.05, 4.69) is 23.5 Å². The van der Waals surface area contributed by atoms with Crippen LogP contribution in [0.15, 0.2) is 18.2 Å². The molecule has 0 radical (unpaired) electrons. The molecule has 0 amide bonds. The fraction of sp³-hybridized carbons (Fsp3) is 0.400. The Morgan fingerprint density at radius 2 is 2.33 bits per heavy atom. The van der Waals surface area contributed by atoms with Crippen LogP contribution in [0, 0.1) is 0 Å². The van der Waals surface area contributed by atoms with E-state index in [4.69, 9.17) is 5.73 Å². The van der Waals surface area contributed by atoms with E-state index in [1.807, 2.05) is 6.92 Å². The predicted octanol–water partition coefficient (Wildman–Crippen LogP) is 1.67. The van der Waals surface area contributed by atoms with Gasteiger partial charge in [-0.15, -0.1) is 0 Å². The highest BCUT2D eigenvalue weighted by Crippen LogP contribution is 2.24. The molecule has 1 aromatic carbocycles. The van der Waals surface area contributed by atoms with Crippen LogP contribution in [0.1, 0.15) is 24.1 Å². The minimum atomic E-state index is 0.149. The van der Waals surface area contributed by atoms with Gasteiger partial charge in [0.2, 0.25) is 0 Å². The highest BCUT2D eigenvalue weighted by Gasteiger charge is 2.10. The molecule has 1 aliphatic heterocycles. The minimum absolute atomic E-state index is 0.149. The molecule has 0 spiro atoms. The second-order valence-corrected chi connectivity index (χ2v) is 3.38. The van der Waals surface area contributed by atoms with Gasteiger partial charge in [-0.3, -0.25) is 0 Å². The van der Waals surface area contributed by atoms with Crippen molar-refractivity contribution in [3.05, 3.63) is 29.3 Å². The van der Waals surface area contributed by atoms with E-state index < -0.39 is 0 Å². The first-order valence-electron chi connectivity index (χ1n) is 4.39. The van der Waals surface area contributed by atoms with Gasteiger partial charge in [-0.05, 0) is 30.5 Å². The molecule has 2 rings (SSSR count).